The summed E-state index contributed by atoms with van der Waals surface area (Å²) in [6.07, 6.45) is 3.29. The molecular formula is C25H24F3NO. The maximum atomic E-state index is 13.5. The molecule has 0 aliphatic heterocycles. The van der Waals surface area contributed by atoms with Gasteiger partial charge < -0.3 is 5.32 Å². The van der Waals surface area contributed by atoms with Crippen LogP contribution in [0, 0.1) is 6.92 Å². The lowest BCUT2D eigenvalue weighted by atomic mass is 9.95. The van der Waals surface area contributed by atoms with Crippen molar-refractivity contribution in [3.63, 3.8) is 0 Å². The van der Waals surface area contributed by atoms with Crippen LogP contribution in [0.1, 0.15) is 46.0 Å². The molecule has 5 heteroatoms. The van der Waals surface area contributed by atoms with Gasteiger partial charge in [0, 0.05) is 23.7 Å². The SMILES string of the molecule is Cc1ccc(-c2ccc(C(C)(F)F)cc2)c(C(=O)Nc2ccc3c(c2)CCC3)c1.F. The lowest BCUT2D eigenvalue weighted by molar-refractivity contribution is 0.0175. The molecule has 3 aromatic carbocycles. The first-order valence-electron chi connectivity index (χ1n) is 9.84. The molecule has 0 atom stereocenters. The van der Waals surface area contributed by atoms with Crippen LogP contribution >= 0.6 is 0 Å². The zero-order chi connectivity index (χ0) is 20.6. The Kier molecular flexibility index (Phi) is 6.01. The number of hydrogen-bond acceptors (Lipinski definition) is 1. The number of halogens is 3. The van der Waals surface area contributed by atoms with Crippen LogP contribution in [0.2, 0.25) is 0 Å². The molecule has 0 heterocycles. The van der Waals surface area contributed by atoms with Gasteiger partial charge in [-0.3, -0.25) is 9.50 Å². The molecular weight excluding hydrogens is 387 g/mol. The van der Waals surface area contributed by atoms with E-state index in [1.54, 1.807) is 12.1 Å². The number of fused-ring (bicyclic) bond motifs is 1. The smallest absolute Gasteiger partial charge is 0.270 e. The predicted octanol–water partition coefficient (Wildman–Crippen LogP) is 6.67. The summed E-state index contributed by atoms with van der Waals surface area (Å²) < 4.78 is 27.0. The average Bonchev–Trinajstić information content (AvgIpc) is 3.15. The first-order chi connectivity index (χ1) is 13.8. The van der Waals surface area contributed by atoms with E-state index in [4.69, 9.17) is 0 Å². The highest BCUT2D eigenvalue weighted by molar-refractivity contribution is 6.09. The normalized spacial score (nSPS) is 12.8. The van der Waals surface area contributed by atoms with E-state index < -0.39 is 5.92 Å². The maximum Gasteiger partial charge on any atom is 0.270 e. The zero-order valence-corrected chi connectivity index (χ0v) is 17.0. The second kappa shape index (κ2) is 8.34. The molecule has 156 valence electrons. The maximum absolute atomic E-state index is 13.5. The van der Waals surface area contributed by atoms with Crippen LogP contribution in [-0.4, -0.2) is 5.91 Å². The molecule has 0 radical (unpaired) electrons. The molecule has 0 aromatic heterocycles. The van der Waals surface area contributed by atoms with Gasteiger partial charge in [-0.25, -0.2) is 8.78 Å². The fraction of sp³-hybridized carbons (Fsp3) is 0.240. The van der Waals surface area contributed by atoms with Crippen molar-refractivity contribution in [2.75, 3.05) is 5.32 Å². The molecule has 0 saturated heterocycles. The van der Waals surface area contributed by atoms with Crippen LogP contribution < -0.4 is 5.32 Å². The number of hydrogen-bond donors (Lipinski definition) is 1. The van der Waals surface area contributed by atoms with Gasteiger partial charge in [0.1, 0.15) is 0 Å². The van der Waals surface area contributed by atoms with Crippen molar-refractivity contribution in [3.8, 4) is 11.1 Å². The lowest BCUT2D eigenvalue weighted by Crippen LogP contribution is -2.14. The van der Waals surface area contributed by atoms with Crippen molar-refractivity contribution in [3.05, 3.63) is 88.5 Å². The highest BCUT2D eigenvalue weighted by atomic mass is 19.3. The third kappa shape index (κ3) is 4.40. The van der Waals surface area contributed by atoms with E-state index in [0.29, 0.717) is 5.56 Å². The fourth-order valence-electron chi connectivity index (χ4n) is 3.89. The Morgan fingerprint density at radius 3 is 2.33 bits per heavy atom. The van der Waals surface area contributed by atoms with Crippen LogP contribution in [-0.2, 0) is 18.8 Å². The van der Waals surface area contributed by atoms with E-state index in [-0.39, 0.29) is 16.2 Å². The topological polar surface area (TPSA) is 29.1 Å². The molecule has 0 spiro atoms. The van der Waals surface area contributed by atoms with Crippen molar-refractivity contribution < 1.29 is 18.3 Å². The first-order valence-corrected chi connectivity index (χ1v) is 9.84. The summed E-state index contributed by atoms with van der Waals surface area (Å²) in [6, 6.07) is 17.8. The summed E-state index contributed by atoms with van der Waals surface area (Å²) in [5.74, 6) is -3.09. The van der Waals surface area contributed by atoms with Gasteiger partial charge in [-0.15, -0.1) is 0 Å². The van der Waals surface area contributed by atoms with Gasteiger partial charge in [0.15, 0.2) is 0 Å². The van der Waals surface area contributed by atoms with Crippen LogP contribution in [0.15, 0.2) is 60.7 Å². The Hall–Kier alpha value is -3.08. The molecule has 0 unspecified atom stereocenters. The third-order valence-corrected chi connectivity index (χ3v) is 5.48. The van der Waals surface area contributed by atoms with Gasteiger partial charge in [0.25, 0.3) is 11.8 Å². The monoisotopic (exact) mass is 411 g/mol. The molecule has 1 N–H and O–H groups in total. The number of benzene rings is 3. The van der Waals surface area contributed by atoms with Gasteiger partial charge in [0.2, 0.25) is 0 Å². The highest BCUT2D eigenvalue weighted by Crippen LogP contribution is 2.31. The predicted molar refractivity (Wildman–Crippen MR) is 115 cm³/mol. The van der Waals surface area contributed by atoms with Gasteiger partial charge in [-0.05, 0) is 66.6 Å². The van der Waals surface area contributed by atoms with Crippen molar-refractivity contribution in [1.29, 1.82) is 0 Å². The molecule has 1 aliphatic carbocycles. The number of rotatable bonds is 4. The number of carbonyl (C=O) groups is 1. The van der Waals surface area contributed by atoms with Crippen LogP contribution in [0.25, 0.3) is 11.1 Å². The molecule has 3 aromatic rings. The third-order valence-electron chi connectivity index (χ3n) is 5.48. The molecule has 1 aliphatic rings. The number of nitrogens with one attached hydrogen (secondary N) is 1. The summed E-state index contributed by atoms with van der Waals surface area (Å²) in [6.45, 7) is 2.81. The van der Waals surface area contributed by atoms with Crippen molar-refractivity contribution in [1.82, 2.24) is 0 Å². The van der Waals surface area contributed by atoms with E-state index in [1.165, 1.54) is 23.3 Å². The molecule has 4 rings (SSSR count). The number of amides is 1. The van der Waals surface area contributed by atoms with Crippen LogP contribution in [0.5, 0.6) is 0 Å². The molecule has 2 nitrogen and oxygen atoms in total. The quantitative estimate of drug-likeness (QED) is 0.511. The Morgan fingerprint density at radius 2 is 1.63 bits per heavy atom. The Balaban J connectivity index is 0.00000256. The summed E-state index contributed by atoms with van der Waals surface area (Å²) in [7, 11) is 0. The number of anilines is 1. The minimum Gasteiger partial charge on any atom is -0.322 e. The van der Waals surface area contributed by atoms with Crippen molar-refractivity contribution in [2.24, 2.45) is 0 Å². The number of aryl methyl sites for hydroxylation is 3. The molecule has 0 saturated carbocycles. The Morgan fingerprint density at radius 1 is 0.933 bits per heavy atom. The lowest BCUT2D eigenvalue weighted by Gasteiger charge is -2.14. The minimum absolute atomic E-state index is 0. The van der Waals surface area contributed by atoms with Gasteiger partial charge in [-0.1, -0.05) is 48.0 Å². The second-order valence-corrected chi connectivity index (χ2v) is 7.81. The summed E-state index contributed by atoms with van der Waals surface area (Å²) in [5.41, 5.74) is 6.33. The first kappa shape index (κ1) is 21.6. The van der Waals surface area contributed by atoms with Crippen LogP contribution in [0.3, 0.4) is 0 Å². The van der Waals surface area contributed by atoms with Crippen molar-refractivity contribution >= 4 is 11.6 Å². The van der Waals surface area contributed by atoms with E-state index in [1.807, 2.05) is 37.3 Å². The molecule has 1 amide bonds. The summed E-state index contributed by atoms with van der Waals surface area (Å²) in [5, 5.41) is 3.00. The Bertz CT molecular complexity index is 1070. The minimum atomic E-state index is -2.89. The summed E-state index contributed by atoms with van der Waals surface area (Å²) in [4.78, 5) is 13.1. The van der Waals surface area contributed by atoms with Gasteiger partial charge >= 0.3 is 0 Å². The van der Waals surface area contributed by atoms with Gasteiger partial charge in [0.05, 0.1) is 0 Å². The second-order valence-electron chi connectivity index (χ2n) is 7.81. The van der Waals surface area contributed by atoms with E-state index >= 15 is 0 Å². The van der Waals surface area contributed by atoms with E-state index in [2.05, 4.69) is 11.4 Å². The zero-order valence-electron chi connectivity index (χ0n) is 17.0. The van der Waals surface area contributed by atoms with E-state index in [9.17, 15) is 13.6 Å². The number of alkyl halides is 2. The fourth-order valence-corrected chi connectivity index (χ4v) is 3.89. The Labute approximate surface area is 174 Å². The van der Waals surface area contributed by atoms with E-state index in [0.717, 1.165) is 48.6 Å². The average molecular weight is 411 g/mol. The highest BCUT2D eigenvalue weighted by Gasteiger charge is 2.24. The van der Waals surface area contributed by atoms with Crippen LogP contribution in [0.4, 0.5) is 19.2 Å². The summed E-state index contributed by atoms with van der Waals surface area (Å²) >= 11 is 0. The molecule has 0 fully saturated rings. The van der Waals surface area contributed by atoms with Crippen molar-refractivity contribution in [2.45, 2.75) is 39.0 Å². The standard InChI is InChI=1S/C25H23F2NO.FH/c1-16-6-13-22(18-7-10-20(11-8-18)25(2,26)27)23(14-16)24(29)28-21-12-9-17-4-3-5-19(17)15-21;/h6-15H,3-5H2,1-2H3,(H,28,29);1H. The molecule has 0 bridgehead atoms. The number of carbonyl (C=O) groups excluding carboxylic acids is 1. The van der Waals surface area contributed by atoms with Gasteiger partial charge in [-0.2, -0.15) is 0 Å². The molecule has 30 heavy (non-hydrogen) atoms. The largest absolute Gasteiger partial charge is 0.322 e.